The average Bonchev–Trinajstić information content (AvgIpc) is 3.28. The second-order valence-corrected chi connectivity index (χ2v) is 8.16. The van der Waals surface area contributed by atoms with E-state index in [1.54, 1.807) is 41.1 Å². The van der Waals surface area contributed by atoms with Crippen LogP contribution in [0.4, 0.5) is 4.79 Å². The zero-order valence-corrected chi connectivity index (χ0v) is 20.8. The molecule has 0 aliphatic heterocycles. The van der Waals surface area contributed by atoms with Gasteiger partial charge in [0, 0.05) is 19.5 Å². The third-order valence-electron chi connectivity index (χ3n) is 5.65. The number of amides is 1. The zero-order valence-electron chi connectivity index (χ0n) is 20.8. The molecule has 8 heteroatoms. The molecular formula is C28H30N4O4. The maximum atomic E-state index is 12.7. The van der Waals surface area contributed by atoms with E-state index in [9.17, 15) is 4.79 Å². The van der Waals surface area contributed by atoms with Gasteiger partial charge in [-0.15, -0.1) is 0 Å². The summed E-state index contributed by atoms with van der Waals surface area (Å²) < 4.78 is 16.6. The van der Waals surface area contributed by atoms with Crippen molar-refractivity contribution in [1.29, 1.82) is 0 Å². The van der Waals surface area contributed by atoms with Gasteiger partial charge in [0.2, 0.25) is 0 Å². The first-order valence-corrected chi connectivity index (χ1v) is 11.9. The zero-order chi connectivity index (χ0) is 25.3. The summed E-state index contributed by atoms with van der Waals surface area (Å²) in [5.41, 5.74) is 3.65. The smallest absolute Gasteiger partial charge is 0.415 e. The van der Waals surface area contributed by atoms with Gasteiger partial charge in [-0.25, -0.2) is 4.79 Å². The van der Waals surface area contributed by atoms with E-state index in [-0.39, 0.29) is 0 Å². The molecule has 0 radical (unpaired) electrons. The second kappa shape index (κ2) is 11.9. The van der Waals surface area contributed by atoms with Crippen molar-refractivity contribution in [1.82, 2.24) is 19.9 Å². The molecule has 0 unspecified atom stereocenters. The van der Waals surface area contributed by atoms with Crippen molar-refractivity contribution in [3.63, 3.8) is 0 Å². The monoisotopic (exact) mass is 486 g/mol. The summed E-state index contributed by atoms with van der Waals surface area (Å²) in [5, 5.41) is 9.12. The minimum absolute atomic E-state index is 0.410. The van der Waals surface area contributed by atoms with Crippen LogP contribution in [0.15, 0.2) is 78.9 Å². The molecule has 0 saturated heterocycles. The Morgan fingerprint density at radius 2 is 1.67 bits per heavy atom. The SMILES string of the molecule is CCN(Cc1cccc(OCCc2nn(-c3ccccc3)nc2C)c1)C(=O)Oc1ccc(OC)cc1. The van der Waals surface area contributed by atoms with E-state index in [1.165, 1.54) is 0 Å². The number of nitrogens with zero attached hydrogens (tertiary/aromatic N) is 4. The van der Waals surface area contributed by atoms with Gasteiger partial charge in [0.25, 0.3) is 0 Å². The van der Waals surface area contributed by atoms with Gasteiger partial charge in [-0.3, -0.25) is 0 Å². The Hall–Kier alpha value is -4.33. The van der Waals surface area contributed by atoms with Crippen LogP contribution in [0.3, 0.4) is 0 Å². The third-order valence-corrected chi connectivity index (χ3v) is 5.65. The lowest BCUT2D eigenvalue weighted by Gasteiger charge is -2.20. The molecule has 0 N–H and O–H groups in total. The number of para-hydroxylation sites is 1. The van der Waals surface area contributed by atoms with Gasteiger partial charge in [-0.1, -0.05) is 30.3 Å². The second-order valence-electron chi connectivity index (χ2n) is 8.16. The predicted octanol–water partition coefficient (Wildman–Crippen LogP) is 5.23. The van der Waals surface area contributed by atoms with E-state index < -0.39 is 6.09 Å². The highest BCUT2D eigenvalue weighted by Gasteiger charge is 2.15. The van der Waals surface area contributed by atoms with Crippen LogP contribution in [-0.4, -0.2) is 46.2 Å². The summed E-state index contributed by atoms with van der Waals surface area (Å²) in [4.78, 5) is 16.0. The van der Waals surface area contributed by atoms with Crippen LogP contribution in [0.2, 0.25) is 0 Å². The number of ether oxygens (including phenoxy) is 3. The van der Waals surface area contributed by atoms with Crippen LogP contribution in [0, 0.1) is 6.92 Å². The number of aromatic nitrogens is 3. The Bertz CT molecular complexity index is 1270. The normalized spacial score (nSPS) is 10.6. The van der Waals surface area contributed by atoms with E-state index >= 15 is 0 Å². The van der Waals surface area contributed by atoms with Crippen LogP contribution in [-0.2, 0) is 13.0 Å². The van der Waals surface area contributed by atoms with Crippen molar-refractivity contribution in [3.8, 4) is 22.9 Å². The number of methoxy groups -OCH3 is 1. The molecule has 0 bridgehead atoms. The van der Waals surface area contributed by atoms with Crippen LogP contribution in [0.1, 0.15) is 23.9 Å². The molecule has 0 aliphatic carbocycles. The number of aryl methyl sites for hydroxylation is 1. The molecule has 3 aromatic carbocycles. The Balaban J connectivity index is 1.32. The molecule has 36 heavy (non-hydrogen) atoms. The highest BCUT2D eigenvalue weighted by Crippen LogP contribution is 2.20. The maximum absolute atomic E-state index is 12.7. The Labute approximate surface area is 211 Å². The fourth-order valence-corrected chi connectivity index (χ4v) is 3.65. The fraction of sp³-hybridized carbons (Fsp3) is 0.250. The number of hydrogen-bond acceptors (Lipinski definition) is 6. The van der Waals surface area contributed by atoms with Gasteiger partial charge in [-0.2, -0.15) is 15.0 Å². The molecule has 0 spiro atoms. The largest absolute Gasteiger partial charge is 0.497 e. The lowest BCUT2D eigenvalue weighted by Crippen LogP contribution is -2.32. The molecule has 1 amide bonds. The summed E-state index contributed by atoms with van der Waals surface area (Å²) >= 11 is 0. The van der Waals surface area contributed by atoms with Crippen LogP contribution < -0.4 is 14.2 Å². The van der Waals surface area contributed by atoms with Crippen molar-refractivity contribution in [2.24, 2.45) is 0 Å². The number of carbonyl (C=O) groups is 1. The molecule has 0 aliphatic rings. The van der Waals surface area contributed by atoms with Crippen molar-refractivity contribution < 1.29 is 19.0 Å². The molecule has 186 valence electrons. The van der Waals surface area contributed by atoms with Crippen molar-refractivity contribution in [3.05, 3.63) is 95.8 Å². The van der Waals surface area contributed by atoms with E-state index in [0.29, 0.717) is 37.6 Å². The Morgan fingerprint density at radius 3 is 2.39 bits per heavy atom. The summed E-state index contributed by atoms with van der Waals surface area (Å²) in [6.45, 7) is 5.26. The third kappa shape index (κ3) is 6.41. The van der Waals surface area contributed by atoms with Gasteiger partial charge < -0.3 is 19.1 Å². The number of rotatable bonds is 10. The summed E-state index contributed by atoms with van der Waals surface area (Å²) in [7, 11) is 1.59. The van der Waals surface area contributed by atoms with Gasteiger partial charge >= 0.3 is 6.09 Å². The van der Waals surface area contributed by atoms with Crippen LogP contribution in [0.25, 0.3) is 5.69 Å². The van der Waals surface area contributed by atoms with Crippen LogP contribution >= 0.6 is 0 Å². The topological polar surface area (TPSA) is 78.7 Å². The van der Waals surface area contributed by atoms with Crippen LogP contribution in [0.5, 0.6) is 17.2 Å². The van der Waals surface area contributed by atoms with Crippen molar-refractivity contribution in [2.75, 3.05) is 20.3 Å². The summed E-state index contributed by atoms with van der Waals surface area (Å²) in [6, 6.07) is 24.5. The fourth-order valence-electron chi connectivity index (χ4n) is 3.65. The lowest BCUT2D eigenvalue weighted by atomic mass is 10.2. The van der Waals surface area contributed by atoms with Gasteiger partial charge in [0.15, 0.2) is 0 Å². The predicted molar refractivity (Wildman–Crippen MR) is 137 cm³/mol. The first kappa shape index (κ1) is 24.8. The Kier molecular flexibility index (Phi) is 8.18. The molecule has 8 nitrogen and oxygen atoms in total. The Morgan fingerprint density at radius 1 is 0.917 bits per heavy atom. The summed E-state index contributed by atoms with van der Waals surface area (Å²) in [6.07, 6.45) is 0.226. The lowest BCUT2D eigenvalue weighted by molar-refractivity contribution is 0.152. The van der Waals surface area contributed by atoms with E-state index in [4.69, 9.17) is 14.2 Å². The maximum Gasteiger partial charge on any atom is 0.415 e. The minimum Gasteiger partial charge on any atom is -0.497 e. The average molecular weight is 487 g/mol. The van der Waals surface area contributed by atoms with E-state index in [0.717, 1.165) is 28.4 Å². The van der Waals surface area contributed by atoms with Gasteiger partial charge in [0.05, 0.1) is 30.8 Å². The van der Waals surface area contributed by atoms with Gasteiger partial charge in [0.1, 0.15) is 17.2 Å². The molecule has 0 saturated carbocycles. The molecule has 4 rings (SSSR count). The number of carbonyl (C=O) groups excluding carboxylic acids is 1. The van der Waals surface area contributed by atoms with Gasteiger partial charge in [-0.05, 0) is 67.9 Å². The highest BCUT2D eigenvalue weighted by atomic mass is 16.6. The minimum atomic E-state index is -0.411. The molecule has 0 fully saturated rings. The number of hydrogen-bond donors (Lipinski definition) is 0. The van der Waals surface area contributed by atoms with E-state index in [1.807, 2.05) is 68.4 Å². The van der Waals surface area contributed by atoms with Crippen molar-refractivity contribution in [2.45, 2.75) is 26.8 Å². The standard InChI is InChI=1S/C28H30N4O4/c1-4-31(28(33)36-25-15-13-24(34-3)14-16-25)20-22-9-8-12-26(19-22)35-18-17-27-21(2)29-32(30-27)23-10-6-5-7-11-23/h5-16,19H,4,17-18,20H2,1-3H3. The molecule has 1 aromatic heterocycles. The molecule has 0 atom stereocenters. The quantitative estimate of drug-likeness (QED) is 0.306. The molecular weight excluding hydrogens is 456 g/mol. The first-order chi connectivity index (χ1) is 17.6. The van der Waals surface area contributed by atoms with E-state index in [2.05, 4.69) is 10.2 Å². The highest BCUT2D eigenvalue weighted by molar-refractivity contribution is 5.70. The van der Waals surface area contributed by atoms with Crippen molar-refractivity contribution >= 4 is 6.09 Å². The summed E-state index contributed by atoms with van der Waals surface area (Å²) in [5.74, 6) is 1.91. The molecule has 4 aromatic rings. The number of benzene rings is 3. The first-order valence-electron chi connectivity index (χ1n) is 11.9. The molecule has 1 heterocycles.